The van der Waals surface area contributed by atoms with Crippen LogP contribution in [0.3, 0.4) is 0 Å². The van der Waals surface area contributed by atoms with E-state index in [0.29, 0.717) is 29.7 Å². The fraction of sp³-hybridized carbons (Fsp3) is 0.300. The van der Waals surface area contributed by atoms with Crippen molar-refractivity contribution in [2.24, 2.45) is 5.92 Å². The fourth-order valence-corrected chi connectivity index (χ4v) is 2.77. The maximum atomic E-state index is 12.8. The maximum absolute atomic E-state index is 12.8. The summed E-state index contributed by atoms with van der Waals surface area (Å²) in [4.78, 5) is 29.5. The minimum atomic E-state index is -0.334. The Morgan fingerprint density at radius 1 is 1.19 bits per heavy atom. The molecule has 1 aromatic carbocycles. The predicted octanol–water partition coefficient (Wildman–Crippen LogP) is 2.39. The van der Waals surface area contributed by atoms with E-state index >= 15 is 0 Å². The van der Waals surface area contributed by atoms with Gasteiger partial charge in [0.1, 0.15) is 0 Å². The molecule has 2 heterocycles. The Morgan fingerprint density at radius 3 is 2.56 bits per heavy atom. The zero-order chi connectivity index (χ0) is 19.4. The molecule has 0 aliphatic carbocycles. The lowest BCUT2D eigenvalue weighted by Gasteiger charge is -2.12. The number of ether oxygens (including phenoxy) is 1. The summed E-state index contributed by atoms with van der Waals surface area (Å²) in [6.07, 6.45) is 1.64. The van der Waals surface area contributed by atoms with Crippen LogP contribution in [0.2, 0.25) is 0 Å². The number of benzene rings is 1. The Balaban J connectivity index is 1.90. The molecule has 0 radical (unpaired) electrons. The van der Waals surface area contributed by atoms with Gasteiger partial charge in [-0.1, -0.05) is 38.1 Å². The minimum Gasteiger partial charge on any atom is -0.481 e. The molecule has 0 saturated heterocycles. The molecule has 3 rings (SSSR count). The molecule has 0 aliphatic rings. The monoisotopic (exact) mass is 366 g/mol. The van der Waals surface area contributed by atoms with E-state index in [1.165, 1.54) is 4.68 Å². The quantitative estimate of drug-likeness (QED) is 0.724. The number of nitrogens with one attached hydrogen (secondary N) is 1. The van der Waals surface area contributed by atoms with Gasteiger partial charge in [-0.2, -0.15) is 5.10 Å². The molecule has 0 aliphatic heterocycles. The van der Waals surface area contributed by atoms with Gasteiger partial charge in [-0.3, -0.25) is 9.59 Å². The van der Waals surface area contributed by atoms with Crippen molar-refractivity contribution in [2.75, 3.05) is 7.11 Å². The molecule has 0 saturated carbocycles. The van der Waals surface area contributed by atoms with E-state index in [2.05, 4.69) is 15.4 Å². The van der Waals surface area contributed by atoms with Gasteiger partial charge >= 0.3 is 0 Å². The molecule has 2 aromatic heterocycles. The molecular weight excluding hydrogens is 344 g/mol. The third-order valence-corrected chi connectivity index (χ3v) is 4.08. The first kappa shape index (κ1) is 18.6. The second kappa shape index (κ2) is 7.99. The van der Waals surface area contributed by atoms with Gasteiger partial charge < -0.3 is 10.1 Å². The van der Waals surface area contributed by atoms with E-state index in [1.807, 2.05) is 19.9 Å². The standard InChI is InChI=1S/C20H22N4O3/c1-13(2)12-24-20(26)16-7-5-4-6-15(16)18(23-24)19(25)22-11-14-8-9-17(27-3)21-10-14/h4-10,13H,11-12H2,1-3H3,(H,22,25). The molecule has 7 nitrogen and oxygen atoms in total. The van der Waals surface area contributed by atoms with Crippen LogP contribution in [-0.4, -0.2) is 27.8 Å². The van der Waals surface area contributed by atoms with E-state index in [9.17, 15) is 9.59 Å². The van der Waals surface area contributed by atoms with Gasteiger partial charge in [0, 0.05) is 30.7 Å². The van der Waals surface area contributed by atoms with Crippen LogP contribution in [-0.2, 0) is 13.1 Å². The van der Waals surface area contributed by atoms with Crippen LogP contribution in [0.1, 0.15) is 29.9 Å². The molecule has 140 valence electrons. The van der Waals surface area contributed by atoms with Gasteiger partial charge in [0.2, 0.25) is 5.88 Å². The van der Waals surface area contributed by atoms with Crippen LogP contribution < -0.4 is 15.6 Å². The molecule has 1 amide bonds. The van der Waals surface area contributed by atoms with Crippen molar-refractivity contribution < 1.29 is 9.53 Å². The van der Waals surface area contributed by atoms with Crippen molar-refractivity contribution in [1.82, 2.24) is 20.1 Å². The van der Waals surface area contributed by atoms with Crippen LogP contribution in [0.4, 0.5) is 0 Å². The van der Waals surface area contributed by atoms with E-state index in [0.717, 1.165) is 5.56 Å². The number of nitrogens with zero attached hydrogens (tertiary/aromatic N) is 3. The molecule has 0 bridgehead atoms. The normalized spacial score (nSPS) is 11.0. The van der Waals surface area contributed by atoms with Gasteiger partial charge in [0.05, 0.1) is 12.5 Å². The van der Waals surface area contributed by atoms with Crippen LogP contribution in [0.25, 0.3) is 10.8 Å². The number of rotatable bonds is 6. The van der Waals surface area contributed by atoms with Crippen molar-refractivity contribution in [1.29, 1.82) is 0 Å². The number of hydrogen-bond donors (Lipinski definition) is 1. The highest BCUT2D eigenvalue weighted by Crippen LogP contribution is 2.14. The molecule has 3 aromatic rings. The zero-order valence-electron chi connectivity index (χ0n) is 15.6. The molecule has 7 heteroatoms. The van der Waals surface area contributed by atoms with Gasteiger partial charge in [-0.15, -0.1) is 0 Å². The third kappa shape index (κ3) is 4.13. The number of carbonyl (C=O) groups excluding carboxylic acids is 1. The lowest BCUT2D eigenvalue weighted by atomic mass is 10.1. The predicted molar refractivity (Wildman–Crippen MR) is 103 cm³/mol. The summed E-state index contributed by atoms with van der Waals surface area (Å²) in [5.74, 6) is 0.413. The zero-order valence-corrected chi connectivity index (χ0v) is 15.6. The van der Waals surface area contributed by atoms with Crippen molar-refractivity contribution >= 4 is 16.7 Å². The first-order valence-corrected chi connectivity index (χ1v) is 8.76. The molecule has 0 fully saturated rings. The van der Waals surface area contributed by atoms with Gasteiger partial charge in [0.25, 0.3) is 11.5 Å². The Kier molecular flexibility index (Phi) is 5.49. The van der Waals surface area contributed by atoms with Crippen LogP contribution in [0, 0.1) is 5.92 Å². The lowest BCUT2D eigenvalue weighted by Crippen LogP contribution is -2.31. The summed E-state index contributed by atoms with van der Waals surface area (Å²) >= 11 is 0. The highest BCUT2D eigenvalue weighted by atomic mass is 16.5. The Bertz CT molecular complexity index is 1010. The lowest BCUT2D eigenvalue weighted by molar-refractivity contribution is 0.0945. The minimum absolute atomic E-state index is 0.185. The largest absolute Gasteiger partial charge is 0.481 e. The Morgan fingerprint density at radius 2 is 1.93 bits per heavy atom. The van der Waals surface area contributed by atoms with Crippen molar-refractivity contribution in [3.63, 3.8) is 0 Å². The number of hydrogen-bond acceptors (Lipinski definition) is 5. The molecule has 0 atom stereocenters. The Labute approximate surface area is 157 Å². The van der Waals surface area contributed by atoms with Crippen LogP contribution in [0.5, 0.6) is 5.88 Å². The topological polar surface area (TPSA) is 86.1 Å². The smallest absolute Gasteiger partial charge is 0.274 e. The summed E-state index contributed by atoms with van der Waals surface area (Å²) in [5.41, 5.74) is 0.895. The van der Waals surface area contributed by atoms with Crippen molar-refractivity contribution in [3.8, 4) is 5.88 Å². The molecule has 27 heavy (non-hydrogen) atoms. The number of fused-ring (bicyclic) bond motifs is 1. The van der Waals surface area contributed by atoms with Crippen LogP contribution in [0.15, 0.2) is 47.4 Å². The number of amides is 1. The summed E-state index contributed by atoms with van der Waals surface area (Å²) in [7, 11) is 1.55. The third-order valence-electron chi connectivity index (χ3n) is 4.08. The highest BCUT2D eigenvalue weighted by molar-refractivity contribution is 6.04. The molecular formula is C20H22N4O3. The molecule has 0 unspecified atom stereocenters. The average molecular weight is 366 g/mol. The SMILES string of the molecule is COc1ccc(CNC(=O)c2nn(CC(C)C)c(=O)c3ccccc23)cn1. The van der Waals surface area contributed by atoms with Gasteiger partial charge in [0.15, 0.2) is 5.69 Å². The average Bonchev–Trinajstić information content (AvgIpc) is 2.68. The molecule has 0 spiro atoms. The summed E-state index contributed by atoms with van der Waals surface area (Å²) in [6.45, 7) is 4.75. The summed E-state index contributed by atoms with van der Waals surface area (Å²) < 4.78 is 6.40. The Hall–Kier alpha value is -3.22. The van der Waals surface area contributed by atoms with E-state index in [1.54, 1.807) is 43.6 Å². The highest BCUT2D eigenvalue weighted by Gasteiger charge is 2.17. The van der Waals surface area contributed by atoms with E-state index in [4.69, 9.17) is 4.74 Å². The van der Waals surface area contributed by atoms with Crippen LogP contribution >= 0.6 is 0 Å². The number of methoxy groups -OCH3 is 1. The summed E-state index contributed by atoms with van der Waals surface area (Å²) in [5, 5.41) is 8.22. The first-order valence-electron chi connectivity index (χ1n) is 8.76. The van der Waals surface area contributed by atoms with E-state index < -0.39 is 0 Å². The van der Waals surface area contributed by atoms with Gasteiger partial charge in [-0.25, -0.2) is 9.67 Å². The number of pyridine rings is 1. The van der Waals surface area contributed by atoms with E-state index in [-0.39, 0.29) is 23.1 Å². The van der Waals surface area contributed by atoms with Crippen molar-refractivity contribution in [3.05, 3.63) is 64.2 Å². The molecule has 1 N–H and O–H groups in total. The fourth-order valence-electron chi connectivity index (χ4n) is 2.77. The second-order valence-corrected chi connectivity index (χ2v) is 6.67. The maximum Gasteiger partial charge on any atom is 0.274 e. The number of carbonyl (C=O) groups is 1. The number of aromatic nitrogens is 3. The second-order valence-electron chi connectivity index (χ2n) is 6.67. The van der Waals surface area contributed by atoms with Crippen molar-refractivity contribution in [2.45, 2.75) is 26.9 Å². The van der Waals surface area contributed by atoms with Gasteiger partial charge in [-0.05, 0) is 17.5 Å². The first-order chi connectivity index (χ1) is 13.0. The summed E-state index contributed by atoms with van der Waals surface area (Å²) in [6, 6.07) is 10.6.